The molecule has 0 saturated carbocycles. The van der Waals surface area contributed by atoms with Crippen molar-refractivity contribution < 1.29 is 13.2 Å². The van der Waals surface area contributed by atoms with E-state index < -0.39 is 10.0 Å². The summed E-state index contributed by atoms with van der Waals surface area (Å²) in [4.78, 5) is 12.0. The van der Waals surface area contributed by atoms with E-state index in [1.54, 1.807) is 36.4 Å². The highest BCUT2D eigenvalue weighted by Crippen LogP contribution is 2.22. The minimum absolute atomic E-state index is 0.169. The molecule has 5 nitrogen and oxygen atoms in total. The van der Waals surface area contributed by atoms with Crippen LogP contribution in [0.25, 0.3) is 0 Å². The zero-order valence-electron chi connectivity index (χ0n) is 12.1. The van der Waals surface area contributed by atoms with Gasteiger partial charge in [-0.15, -0.1) is 0 Å². The molecule has 0 aromatic heterocycles. The Hall–Kier alpha value is -2.34. The van der Waals surface area contributed by atoms with E-state index in [9.17, 15) is 13.2 Å². The van der Waals surface area contributed by atoms with Crippen LogP contribution >= 0.6 is 0 Å². The quantitative estimate of drug-likeness (QED) is 0.910. The number of fused-ring (bicyclic) bond motifs is 1. The Morgan fingerprint density at radius 2 is 1.95 bits per heavy atom. The summed E-state index contributed by atoms with van der Waals surface area (Å²) in [7, 11) is -3.66. The van der Waals surface area contributed by atoms with Gasteiger partial charge in [-0.25, -0.2) is 8.42 Å². The second-order valence-electron chi connectivity index (χ2n) is 5.30. The SMILES string of the molecule is Cc1cccc(S(=O)(=O)Nc2ccc3c(c2)C(=O)NCC3)c1. The molecule has 1 aliphatic rings. The zero-order chi connectivity index (χ0) is 15.7. The summed E-state index contributed by atoms with van der Waals surface area (Å²) in [5.41, 5.74) is 2.71. The fraction of sp³-hybridized carbons (Fsp3) is 0.188. The van der Waals surface area contributed by atoms with Crippen molar-refractivity contribution in [3.63, 3.8) is 0 Å². The van der Waals surface area contributed by atoms with Crippen molar-refractivity contribution in [1.82, 2.24) is 5.32 Å². The van der Waals surface area contributed by atoms with Gasteiger partial charge in [-0.3, -0.25) is 9.52 Å². The zero-order valence-corrected chi connectivity index (χ0v) is 12.9. The van der Waals surface area contributed by atoms with Gasteiger partial charge in [-0.05, 0) is 48.7 Å². The maximum Gasteiger partial charge on any atom is 0.261 e. The van der Waals surface area contributed by atoms with E-state index in [0.29, 0.717) is 17.8 Å². The summed E-state index contributed by atoms with van der Waals surface area (Å²) in [6, 6.07) is 11.7. The van der Waals surface area contributed by atoms with Crippen LogP contribution in [0.1, 0.15) is 21.5 Å². The number of carbonyl (C=O) groups excluding carboxylic acids is 1. The third-order valence-corrected chi connectivity index (χ3v) is 4.97. The average molecular weight is 316 g/mol. The predicted molar refractivity (Wildman–Crippen MR) is 84.5 cm³/mol. The van der Waals surface area contributed by atoms with E-state index in [4.69, 9.17) is 0 Å². The molecule has 0 atom stereocenters. The van der Waals surface area contributed by atoms with Crippen molar-refractivity contribution in [2.45, 2.75) is 18.2 Å². The monoisotopic (exact) mass is 316 g/mol. The second-order valence-corrected chi connectivity index (χ2v) is 6.98. The maximum absolute atomic E-state index is 12.4. The lowest BCUT2D eigenvalue weighted by molar-refractivity contribution is 0.0946. The van der Waals surface area contributed by atoms with Gasteiger partial charge in [0.1, 0.15) is 0 Å². The van der Waals surface area contributed by atoms with Crippen molar-refractivity contribution in [3.05, 3.63) is 59.2 Å². The van der Waals surface area contributed by atoms with Gasteiger partial charge in [0, 0.05) is 17.8 Å². The first kappa shape index (κ1) is 14.6. The number of benzene rings is 2. The Morgan fingerprint density at radius 3 is 2.73 bits per heavy atom. The minimum Gasteiger partial charge on any atom is -0.352 e. The van der Waals surface area contributed by atoms with Crippen LogP contribution in [0.5, 0.6) is 0 Å². The Bertz CT molecular complexity index is 844. The summed E-state index contributed by atoms with van der Waals surface area (Å²) in [5.74, 6) is -0.169. The molecule has 114 valence electrons. The Morgan fingerprint density at radius 1 is 1.14 bits per heavy atom. The number of aryl methyl sites for hydroxylation is 1. The van der Waals surface area contributed by atoms with Gasteiger partial charge < -0.3 is 5.32 Å². The van der Waals surface area contributed by atoms with Gasteiger partial charge in [0.2, 0.25) is 0 Å². The van der Waals surface area contributed by atoms with E-state index in [1.165, 1.54) is 0 Å². The Kier molecular flexibility index (Phi) is 3.62. The highest BCUT2D eigenvalue weighted by atomic mass is 32.2. The molecule has 1 amide bonds. The third-order valence-electron chi connectivity index (χ3n) is 3.59. The molecule has 2 aromatic rings. The Labute approximate surface area is 129 Å². The topological polar surface area (TPSA) is 75.3 Å². The van der Waals surface area contributed by atoms with E-state index in [2.05, 4.69) is 10.0 Å². The lowest BCUT2D eigenvalue weighted by Crippen LogP contribution is -2.31. The molecule has 0 saturated heterocycles. The normalized spacial score (nSPS) is 14.1. The molecule has 0 fully saturated rings. The van der Waals surface area contributed by atoms with E-state index in [1.807, 2.05) is 13.0 Å². The molecule has 1 heterocycles. The summed E-state index contributed by atoms with van der Waals surface area (Å²) < 4.78 is 27.3. The molecule has 0 unspecified atom stereocenters. The fourth-order valence-electron chi connectivity index (χ4n) is 2.47. The fourth-order valence-corrected chi connectivity index (χ4v) is 3.63. The number of hydrogen-bond acceptors (Lipinski definition) is 3. The maximum atomic E-state index is 12.4. The molecule has 2 aromatic carbocycles. The van der Waals surface area contributed by atoms with Gasteiger partial charge >= 0.3 is 0 Å². The molecular weight excluding hydrogens is 300 g/mol. The molecule has 3 rings (SSSR count). The summed E-state index contributed by atoms with van der Waals surface area (Å²) in [5, 5.41) is 2.75. The van der Waals surface area contributed by atoms with Crippen molar-refractivity contribution in [1.29, 1.82) is 0 Å². The number of sulfonamides is 1. The van der Waals surface area contributed by atoms with E-state index in [-0.39, 0.29) is 10.8 Å². The first-order chi connectivity index (χ1) is 10.5. The largest absolute Gasteiger partial charge is 0.352 e. The highest BCUT2D eigenvalue weighted by molar-refractivity contribution is 7.92. The van der Waals surface area contributed by atoms with Crippen molar-refractivity contribution >= 4 is 21.6 Å². The number of hydrogen-bond donors (Lipinski definition) is 2. The third kappa shape index (κ3) is 2.82. The molecule has 6 heteroatoms. The van der Waals surface area contributed by atoms with Crippen LogP contribution in [-0.4, -0.2) is 20.9 Å². The number of carbonyl (C=O) groups is 1. The molecule has 0 bridgehead atoms. The molecule has 0 radical (unpaired) electrons. The first-order valence-electron chi connectivity index (χ1n) is 6.96. The van der Waals surface area contributed by atoms with Crippen molar-refractivity contribution in [2.75, 3.05) is 11.3 Å². The minimum atomic E-state index is -3.66. The average Bonchev–Trinajstić information content (AvgIpc) is 2.48. The van der Waals surface area contributed by atoms with Crippen LogP contribution in [0.2, 0.25) is 0 Å². The van der Waals surface area contributed by atoms with Gasteiger partial charge in [0.05, 0.1) is 4.90 Å². The number of amides is 1. The molecular formula is C16H16N2O3S. The van der Waals surface area contributed by atoms with E-state index >= 15 is 0 Å². The van der Waals surface area contributed by atoms with Gasteiger partial charge in [0.15, 0.2) is 0 Å². The summed E-state index contributed by atoms with van der Waals surface area (Å²) in [6.45, 7) is 2.45. The number of nitrogens with one attached hydrogen (secondary N) is 2. The number of anilines is 1. The lowest BCUT2D eigenvalue weighted by atomic mass is 10.00. The summed E-state index contributed by atoms with van der Waals surface area (Å²) >= 11 is 0. The van der Waals surface area contributed by atoms with Crippen LogP contribution in [0, 0.1) is 6.92 Å². The molecule has 1 aliphatic heterocycles. The smallest absolute Gasteiger partial charge is 0.261 e. The van der Waals surface area contributed by atoms with Gasteiger partial charge in [0.25, 0.3) is 15.9 Å². The van der Waals surface area contributed by atoms with Crippen molar-refractivity contribution in [2.24, 2.45) is 0 Å². The highest BCUT2D eigenvalue weighted by Gasteiger charge is 2.19. The predicted octanol–water partition coefficient (Wildman–Crippen LogP) is 2.08. The van der Waals surface area contributed by atoms with Gasteiger partial charge in [-0.1, -0.05) is 18.2 Å². The van der Waals surface area contributed by atoms with Crippen LogP contribution in [-0.2, 0) is 16.4 Å². The Balaban J connectivity index is 1.93. The van der Waals surface area contributed by atoms with Crippen molar-refractivity contribution in [3.8, 4) is 0 Å². The van der Waals surface area contributed by atoms with Crippen LogP contribution in [0.4, 0.5) is 5.69 Å². The molecule has 0 spiro atoms. The second kappa shape index (κ2) is 5.46. The van der Waals surface area contributed by atoms with Gasteiger partial charge in [-0.2, -0.15) is 0 Å². The van der Waals surface area contributed by atoms with Crippen LogP contribution < -0.4 is 10.0 Å². The van der Waals surface area contributed by atoms with Crippen LogP contribution in [0.15, 0.2) is 47.4 Å². The summed E-state index contributed by atoms with van der Waals surface area (Å²) in [6.07, 6.45) is 0.756. The lowest BCUT2D eigenvalue weighted by Gasteiger charge is -2.17. The molecule has 2 N–H and O–H groups in total. The molecule has 0 aliphatic carbocycles. The number of rotatable bonds is 3. The molecule has 22 heavy (non-hydrogen) atoms. The first-order valence-corrected chi connectivity index (χ1v) is 8.45. The van der Waals surface area contributed by atoms with Crippen LogP contribution in [0.3, 0.4) is 0 Å². The standard InChI is InChI=1S/C16H16N2O3S/c1-11-3-2-4-14(9-11)22(20,21)18-13-6-5-12-7-8-17-16(19)15(12)10-13/h2-6,9-10,18H,7-8H2,1H3,(H,17,19). The van der Waals surface area contributed by atoms with E-state index in [0.717, 1.165) is 17.5 Å².